The van der Waals surface area contributed by atoms with E-state index in [1.54, 1.807) is 12.4 Å². The summed E-state index contributed by atoms with van der Waals surface area (Å²) >= 11 is 0. The highest BCUT2D eigenvalue weighted by Gasteiger charge is 2.22. The summed E-state index contributed by atoms with van der Waals surface area (Å²) in [5.41, 5.74) is 1.85. The van der Waals surface area contributed by atoms with Crippen molar-refractivity contribution in [1.82, 2.24) is 14.3 Å². The molecule has 2 heterocycles. The van der Waals surface area contributed by atoms with E-state index in [1.807, 2.05) is 30.3 Å². The van der Waals surface area contributed by atoms with Crippen molar-refractivity contribution in [3.05, 3.63) is 42.7 Å². The van der Waals surface area contributed by atoms with Gasteiger partial charge in [0.25, 0.3) is 0 Å². The van der Waals surface area contributed by atoms with Crippen molar-refractivity contribution >= 4 is 15.8 Å². The molecule has 0 spiro atoms. The lowest BCUT2D eigenvalue weighted by atomic mass is 10.2. The standard InChI is InChI=1S/C16H20N4O2S/c1-23(21,22)20-9-5-8-19(10-11-20)16-13-17-12-15(18-16)14-6-3-2-4-7-14/h2-4,6-7,12-13H,5,8-11H2,1H3. The van der Waals surface area contributed by atoms with Crippen LogP contribution in [0, 0.1) is 0 Å². The van der Waals surface area contributed by atoms with Gasteiger partial charge in [-0.05, 0) is 6.42 Å². The first-order valence-corrected chi connectivity index (χ1v) is 9.46. The number of sulfonamides is 1. The van der Waals surface area contributed by atoms with Gasteiger partial charge in [-0.25, -0.2) is 17.7 Å². The Morgan fingerprint density at radius 2 is 1.78 bits per heavy atom. The minimum atomic E-state index is -3.14. The number of benzene rings is 1. The molecule has 0 radical (unpaired) electrons. The maximum Gasteiger partial charge on any atom is 0.211 e. The first-order chi connectivity index (χ1) is 11.0. The van der Waals surface area contributed by atoms with E-state index in [4.69, 9.17) is 4.98 Å². The van der Waals surface area contributed by atoms with E-state index in [0.29, 0.717) is 19.6 Å². The lowest BCUT2D eigenvalue weighted by Gasteiger charge is -2.22. The lowest BCUT2D eigenvalue weighted by Crippen LogP contribution is -2.34. The topological polar surface area (TPSA) is 66.4 Å². The SMILES string of the molecule is CS(=O)(=O)N1CCCN(c2cncc(-c3ccccc3)n2)CC1. The summed E-state index contributed by atoms with van der Waals surface area (Å²) in [6.07, 6.45) is 5.53. The van der Waals surface area contributed by atoms with Gasteiger partial charge in [-0.3, -0.25) is 4.98 Å². The summed E-state index contributed by atoms with van der Waals surface area (Å²) in [5.74, 6) is 0.793. The molecule has 1 aliphatic heterocycles. The molecule has 3 rings (SSSR count). The molecule has 0 atom stereocenters. The van der Waals surface area contributed by atoms with Crippen LogP contribution in [0.25, 0.3) is 11.3 Å². The van der Waals surface area contributed by atoms with Crippen molar-refractivity contribution in [1.29, 1.82) is 0 Å². The van der Waals surface area contributed by atoms with Gasteiger partial charge in [-0.15, -0.1) is 0 Å². The zero-order valence-corrected chi connectivity index (χ0v) is 13.9. The maximum atomic E-state index is 11.7. The molecule has 0 amide bonds. The minimum Gasteiger partial charge on any atom is -0.354 e. The largest absolute Gasteiger partial charge is 0.354 e. The molecule has 1 saturated heterocycles. The molecule has 1 fully saturated rings. The zero-order chi connectivity index (χ0) is 16.3. The van der Waals surface area contributed by atoms with E-state index in [2.05, 4.69) is 9.88 Å². The van der Waals surface area contributed by atoms with Crippen LogP contribution >= 0.6 is 0 Å². The molecule has 0 bridgehead atoms. The smallest absolute Gasteiger partial charge is 0.211 e. The van der Waals surface area contributed by atoms with Crippen molar-refractivity contribution in [2.75, 3.05) is 37.3 Å². The molecular weight excluding hydrogens is 312 g/mol. The molecule has 1 aromatic heterocycles. The summed E-state index contributed by atoms with van der Waals surface area (Å²) in [7, 11) is -3.14. The van der Waals surface area contributed by atoms with Gasteiger partial charge in [0.1, 0.15) is 5.82 Å². The van der Waals surface area contributed by atoms with Crippen molar-refractivity contribution < 1.29 is 8.42 Å². The fourth-order valence-electron chi connectivity index (χ4n) is 2.71. The lowest BCUT2D eigenvalue weighted by molar-refractivity contribution is 0.437. The van der Waals surface area contributed by atoms with E-state index in [-0.39, 0.29) is 0 Å². The predicted octanol–water partition coefficient (Wildman–Crippen LogP) is 1.62. The Bertz CT molecular complexity index is 765. The summed E-state index contributed by atoms with van der Waals surface area (Å²) in [6, 6.07) is 9.91. The number of aromatic nitrogens is 2. The Morgan fingerprint density at radius 3 is 2.52 bits per heavy atom. The Balaban J connectivity index is 1.80. The van der Waals surface area contributed by atoms with Gasteiger partial charge in [-0.2, -0.15) is 0 Å². The van der Waals surface area contributed by atoms with E-state index in [9.17, 15) is 8.42 Å². The first-order valence-electron chi connectivity index (χ1n) is 7.61. The van der Waals surface area contributed by atoms with Gasteiger partial charge in [-0.1, -0.05) is 30.3 Å². The van der Waals surface area contributed by atoms with E-state index in [0.717, 1.165) is 30.0 Å². The van der Waals surface area contributed by atoms with Crippen molar-refractivity contribution in [2.24, 2.45) is 0 Å². The van der Waals surface area contributed by atoms with E-state index in [1.165, 1.54) is 10.6 Å². The van der Waals surface area contributed by atoms with Crippen molar-refractivity contribution in [2.45, 2.75) is 6.42 Å². The number of anilines is 1. The van der Waals surface area contributed by atoms with Gasteiger partial charge in [0.15, 0.2) is 0 Å². The fraction of sp³-hybridized carbons (Fsp3) is 0.375. The average Bonchev–Trinajstić information content (AvgIpc) is 2.82. The van der Waals surface area contributed by atoms with Gasteiger partial charge >= 0.3 is 0 Å². The highest BCUT2D eigenvalue weighted by atomic mass is 32.2. The van der Waals surface area contributed by atoms with Crippen LogP contribution in [0.3, 0.4) is 0 Å². The van der Waals surface area contributed by atoms with Gasteiger partial charge < -0.3 is 4.90 Å². The monoisotopic (exact) mass is 332 g/mol. The minimum absolute atomic E-state index is 0.482. The van der Waals surface area contributed by atoms with E-state index < -0.39 is 10.0 Å². The summed E-state index contributed by atoms with van der Waals surface area (Å²) in [4.78, 5) is 11.1. The Hall–Kier alpha value is -1.99. The normalized spacial score (nSPS) is 17.0. The van der Waals surface area contributed by atoms with Crippen molar-refractivity contribution in [3.8, 4) is 11.3 Å². The second-order valence-corrected chi connectivity index (χ2v) is 7.61. The summed E-state index contributed by atoms with van der Waals surface area (Å²) < 4.78 is 24.9. The second-order valence-electron chi connectivity index (χ2n) is 5.63. The third-order valence-corrected chi connectivity index (χ3v) is 5.24. The molecule has 7 heteroatoms. The van der Waals surface area contributed by atoms with Gasteiger partial charge in [0.05, 0.1) is 24.3 Å². The molecule has 0 N–H and O–H groups in total. The third kappa shape index (κ3) is 3.86. The Kier molecular flexibility index (Phi) is 4.58. The van der Waals surface area contributed by atoms with Crippen LogP contribution in [0.15, 0.2) is 42.7 Å². The van der Waals surface area contributed by atoms with Crippen LogP contribution in [-0.4, -0.2) is 55.1 Å². The summed E-state index contributed by atoms with van der Waals surface area (Å²) in [6.45, 7) is 2.44. The van der Waals surface area contributed by atoms with Crippen LogP contribution in [0.4, 0.5) is 5.82 Å². The molecule has 1 aromatic carbocycles. The van der Waals surface area contributed by atoms with E-state index >= 15 is 0 Å². The van der Waals surface area contributed by atoms with Crippen LogP contribution in [0.2, 0.25) is 0 Å². The maximum absolute atomic E-state index is 11.7. The quantitative estimate of drug-likeness (QED) is 0.854. The van der Waals surface area contributed by atoms with Crippen LogP contribution in [0.5, 0.6) is 0 Å². The molecule has 1 aliphatic rings. The molecule has 122 valence electrons. The van der Waals surface area contributed by atoms with Crippen LogP contribution in [0.1, 0.15) is 6.42 Å². The Labute approximate surface area is 136 Å². The first kappa shape index (κ1) is 15.9. The number of hydrogen-bond acceptors (Lipinski definition) is 5. The molecular formula is C16H20N4O2S. The van der Waals surface area contributed by atoms with Gasteiger partial charge in [0.2, 0.25) is 10.0 Å². The third-order valence-electron chi connectivity index (χ3n) is 3.94. The van der Waals surface area contributed by atoms with Gasteiger partial charge in [0, 0.05) is 31.7 Å². The van der Waals surface area contributed by atoms with Crippen molar-refractivity contribution in [3.63, 3.8) is 0 Å². The molecule has 0 aliphatic carbocycles. The fourth-order valence-corrected chi connectivity index (χ4v) is 3.58. The Morgan fingerprint density at radius 1 is 1.00 bits per heavy atom. The summed E-state index contributed by atoms with van der Waals surface area (Å²) in [5, 5.41) is 0. The highest BCUT2D eigenvalue weighted by molar-refractivity contribution is 7.88. The molecule has 6 nitrogen and oxygen atoms in total. The molecule has 2 aromatic rings. The highest BCUT2D eigenvalue weighted by Crippen LogP contribution is 2.20. The molecule has 23 heavy (non-hydrogen) atoms. The number of hydrogen-bond donors (Lipinski definition) is 0. The van der Waals surface area contributed by atoms with Crippen LogP contribution < -0.4 is 4.90 Å². The van der Waals surface area contributed by atoms with Crippen LogP contribution in [-0.2, 0) is 10.0 Å². The zero-order valence-electron chi connectivity index (χ0n) is 13.1. The predicted molar refractivity (Wildman–Crippen MR) is 90.7 cm³/mol. The molecule has 0 unspecified atom stereocenters. The number of rotatable bonds is 3. The molecule has 0 saturated carbocycles. The number of nitrogens with zero attached hydrogens (tertiary/aromatic N) is 4. The average molecular weight is 332 g/mol. The second kappa shape index (κ2) is 6.64.